The molecule has 17 heavy (non-hydrogen) atoms. The van der Waals surface area contributed by atoms with Crippen molar-refractivity contribution in [2.75, 3.05) is 13.2 Å². The first-order valence-electron chi connectivity index (χ1n) is 5.69. The lowest BCUT2D eigenvalue weighted by molar-refractivity contribution is -0.129. The van der Waals surface area contributed by atoms with Crippen LogP contribution in [0.5, 0.6) is 5.75 Å². The van der Waals surface area contributed by atoms with Crippen LogP contribution in [0.15, 0.2) is 29.4 Å². The van der Waals surface area contributed by atoms with E-state index in [0.717, 1.165) is 17.0 Å². The van der Waals surface area contributed by atoms with Crippen LogP contribution in [-0.4, -0.2) is 29.8 Å². The molecule has 1 amide bonds. The number of nitrogens with zero attached hydrogens (tertiary/aromatic N) is 2. The predicted molar refractivity (Wildman–Crippen MR) is 66.1 cm³/mol. The zero-order valence-corrected chi connectivity index (χ0v) is 10.1. The van der Waals surface area contributed by atoms with Gasteiger partial charge in [-0.1, -0.05) is 12.1 Å². The van der Waals surface area contributed by atoms with Gasteiger partial charge in [0.15, 0.2) is 0 Å². The molecule has 2 rings (SSSR count). The Bertz CT molecular complexity index is 454. The van der Waals surface area contributed by atoms with Crippen LogP contribution in [0.1, 0.15) is 18.9 Å². The molecule has 4 heteroatoms. The summed E-state index contributed by atoms with van der Waals surface area (Å²) in [7, 11) is 0. The first kappa shape index (κ1) is 11.6. The van der Waals surface area contributed by atoms with Crippen molar-refractivity contribution in [1.82, 2.24) is 5.01 Å². The van der Waals surface area contributed by atoms with Gasteiger partial charge in [-0.2, -0.15) is 5.10 Å². The lowest BCUT2D eigenvalue weighted by atomic mass is 10.2. The Morgan fingerprint density at radius 3 is 2.88 bits per heavy atom. The second kappa shape index (κ2) is 4.99. The van der Waals surface area contributed by atoms with Crippen molar-refractivity contribution in [3.8, 4) is 5.75 Å². The highest BCUT2D eigenvalue weighted by Gasteiger charge is 2.20. The van der Waals surface area contributed by atoms with Gasteiger partial charge in [0.2, 0.25) is 5.91 Å². The molecule has 0 unspecified atom stereocenters. The Morgan fingerprint density at radius 2 is 2.24 bits per heavy atom. The Balaban J connectivity index is 1.82. The maximum absolute atomic E-state index is 11.4. The van der Waals surface area contributed by atoms with E-state index >= 15 is 0 Å². The number of hydrogen-bond donors (Lipinski definition) is 0. The molecule has 0 fully saturated rings. The van der Waals surface area contributed by atoms with Crippen LogP contribution in [-0.2, 0) is 4.79 Å². The highest BCUT2D eigenvalue weighted by molar-refractivity contribution is 6.03. The Kier molecular flexibility index (Phi) is 3.42. The first-order chi connectivity index (χ1) is 8.15. The molecule has 0 saturated heterocycles. The average molecular weight is 232 g/mol. The van der Waals surface area contributed by atoms with Crippen molar-refractivity contribution in [2.45, 2.75) is 20.3 Å². The van der Waals surface area contributed by atoms with Gasteiger partial charge in [-0.3, -0.25) is 4.79 Å². The molecular formula is C13H16N2O2. The minimum atomic E-state index is 0.0512. The van der Waals surface area contributed by atoms with Crippen LogP contribution in [0.25, 0.3) is 0 Å². The summed E-state index contributed by atoms with van der Waals surface area (Å²) in [6.45, 7) is 4.85. The molecular weight excluding hydrogens is 216 g/mol. The first-order valence-corrected chi connectivity index (χ1v) is 5.69. The summed E-state index contributed by atoms with van der Waals surface area (Å²) in [6.07, 6.45) is 0.435. The van der Waals surface area contributed by atoms with Crippen LogP contribution >= 0.6 is 0 Å². The molecule has 1 aliphatic heterocycles. The van der Waals surface area contributed by atoms with Crippen LogP contribution in [0.4, 0.5) is 0 Å². The maximum Gasteiger partial charge on any atom is 0.248 e. The number of carbonyl (C=O) groups is 1. The van der Waals surface area contributed by atoms with Crippen molar-refractivity contribution in [1.29, 1.82) is 0 Å². The summed E-state index contributed by atoms with van der Waals surface area (Å²) in [4.78, 5) is 11.4. The maximum atomic E-state index is 11.4. The van der Waals surface area contributed by atoms with Crippen LogP contribution in [0, 0.1) is 6.92 Å². The van der Waals surface area contributed by atoms with Gasteiger partial charge in [-0.15, -0.1) is 0 Å². The summed E-state index contributed by atoms with van der Waals surface area (Å²) in [5, 5.41) is 5.62. The lowest BCUT2D eigenvalue weighted by Gasteiger charge is -2.12. The van der Waals surface area contributed by atoms with Gasteiger partial charge in [0, 0.05) is 5.71 Å². The Hall–Kier alpha value is -1.84. The van der Waals surface area contributed by atoms with Crippen LogP contribution in [0.3, 0.4) is 0 Å². The van der Waals surface area contributed by atoms with E-state index in [1.54, 1.807) is 0 Å². The SMILES string of the molecule is CC1=NN(CCOc2cccc(C)c2)C(=O)C1. The standard InChI is InChI=1S/C13H16N2O2/c1-10-4-3-5-12(8-10)17-7-6-15-13(16)9-11(2)14-15/h3-5,8H,6-7,9H2,1-2H3. The van der Waals surface area contributed by atoms with Gasteiger partial charge in [0.05, 0.1) is 13.0 Å². The molecule has 1 aliphatic rings. The summed E-state index contributed by atoms with van der Waals surface area (Å²) in [5.41, 5.74) is 2.03. The van der Waals surface area contributed by atoms with Crippen LogP contribution < -0.4 is 4.74 Å². The number of benzene rings is 1. The third kappa shape index (κ3) is 3.06. The average Bonchev–Trinajstić information content (AvgIpc) is 2.58. The molecule has 0 N–H and O–H groups in total. The van der Waals surface area contributed by atoms with E-state index in [-0.39, 0.29) is 5.91 Å². The highest BCUT2D eigenvalue weighted by Crippen LogP contribution is 2.13. The zero-order valence-electron chi connectivity index (χ0n) is 10.1. The fourth-order valence-electron chi connectivity index (χ4n) is 1.74. The molecule has 0 radical (unpaired) electrons. The van der Waals surface area contributed by atoms with Crippen molar-refractivity contribution >= 4 is 11.6 Å². The van der Waals surface area contributed by atoms with Gasteiger partial charge >= 0.3 is 0 Å². The molecule has 0 saturated carbocycles. The highest BCUT2D eigenvalue weighted by atomic mass is 16.5. The molecule has 0 aromatic heterocycles. The fraction of sp³-hybridized carbons (Fsp3) is 0.385. The molecule has 1 aromatic rings. The van der Waals surface area contributed by atoms with Crippen molar-refractivity contribution in [3.05, 3.63) is 29.8 Å². The third-order valence-electron chi connectivity index (χ3n) is 2.55. The third-order valence-corrected chi connectivity index (χ3v) is 2.55. The number of ether oxygens (including phenoxy) is 1. The summed E-state index contributed by atoms with van der Waals surface area (Å²) < 4.78 is 5.57. The predicted octanol–water partition coefficient (Wildman–Crippen LogP) is 1.98. The lowest BCUT2D eigenvalue weighted by Crippen LogP contribution is -2.26. The van der Waals surface area contributed by atoms with E-state index in [1.807, 2.05) is 38.1 Å². The van der Waals surface area contributed by atoms with E-state index in [9.17, 15) is 4.79 Å². The van der Waals surface area contributed by atoms with Gasteiger partial charge in [0.1, 0.15) is 12.4 Å². The Morgan fingerprint density at radius 1 is 1.41 bits per heavy atom. The Labute approximate surface area is 101 Å². The number of hydrogen-bond acceptors (Lipinski definition) is 3. The summed E-state index contributed by atoms with van der Waals surface area (Å²) >= 11 is 0. The van der Waals surface area contributed by atoms with Gasteiger partial charge in [-0.05, 0) is 31.5 Å². The van der Waals surface area contributed by atoms with E-state index < -0.39 is 0 Å². The molecule has 0 bridgehead atoms. The summed E-state index contributed by atoms with van der Waals surface area (Å²) in [5.74, 6) is 0.882. The molecule has 0 spiro atoms. The molecule has 0 aliphatic carbocycles. The van der Waals surface area contributed by atoms with Gasteiger partial charge in [-0.25, -0.2) is 5.01 Å². The summed E-state index contributed by atoms with van der Waals surface area (Å²) in [6, 6.07) is 7.85. The zero-order chi connectivity index (χ0) is 12.3. The van der Waals surface area contributed by atoms with Crippen molar-refractivity contribution < 1.29 is 9.53 Å². The van der Waals surface area contributed by atoms with E-state index in [1.165, 1.54) is 5.01 Å². The smallest absolute Gasteiger partial charge is 0.248 e. The second-order valence-corrected chi connectivity index (χ2v) is 4.19. The largest absolute Gasteiger partial charge is 0.492 e. The second-order valence-electron chi connectivity index (χ2n) is 4.19. The normalized spacial score (nSPS) is 15.1. The molecule has 1 heterocycles. The number of hydrazone groups is 1. The molecule has 4 nitrogen and oxygen atoms in total. The minimum absolute atomic E-state index is 0.0512. The molecule has 0 atom stereocenters. The van der Waals surface area contributed by atoms with Crippen molar-refractivity contribution in [3.63, 3.8) is 0 Å². The molecule has 90 valence electrons. The minimum Gasteiger partial charge on any atom is -0.492 e. The number of carbonyl (C=O) groups excluding carboxylic acids is 1. The van der Waals surface area contributed by atoms with Crippen LogP contribution in [0.2, 0.25) is 0 Å². The van der Waals surface area contributed by atoms with E-state index in [4.69, 9.17) is 4.74 Å². The number of rotatable bonds is 4. The van der Waals surface area contributed by atoms with Crippen molar-refractivity contribution in [2.24, 2.45) is 5.10 Å². The number of amides is 1. The number of aryl methyl sites for hydroxylation is 1. The quantitative estimate of drug-likeness (QED) is 0.796. The van der Waals surface area contributed by atoms with Gasteiger partial charge in [0.25, 0.3) is 0 Å². The van der Waals surface area contributed by atoms with E-state index in [0.29, 0.717) is 19.6 Å². The molecule has 1 aromatic carbocycles. The van der Waals surface area contributed by atoms with E-state index in [2.05, 4.69) is 5.10 Å². The monoisotopic (exact) mass is 232 g/mol. The fourth-order valence-corrected chi connectivity index (χ4v) is 1.74. The topological polar surface area (TPSA) is 41.9 Å². The van der Waals surface area contributed by atoms with Gasteiger partial charge < -0.3 is 4.74 Å².